The van der Waals surface area contributed by atoms with Gasteiger partial charge in [-0.15, -0.1) is 5.26 Å². The van der Waals surface area contributed by atoms with Crippen LogP contribution in [0.15, 0.2) is 24.3 Å². The van der Waals surface area contributed by atoms with Gasteiger partial charge in [0.2, 0.25) is 0 Å². The summed E-state index contributed by atoms with van der Waals surface area (Å²) < 4.78 is 4.71. The Labute approximate surface area is 91.5 Å². The first-order valence-corrected chi connectivity index (χ1v) is 5.51. The van der Waals surface area contributed by atoms with Crippen molar-refractivity contribution in [3.63, 3.8) is 0 Å². The maximum atomic E-state index is 8.32. The minimum Gasteiger partial charge on any atom is -0.388 e. The van der Waals surface area contributed by atoms with Crippen molar-refractivity contribution >= 4 is 0 Å². The van der Waals surface area contributed by atoms with E-state index >= 15 is 0 Å². The molecule has 0 spiro atoms. The zero-order valence-corrected chi connectivity index (χ0v) is 9.20. The molecule has 0 N–H and O–H groups in total. The van der Waals surface area contributed by atoms with Gasteiger partial charge in [-0.25, -0.2) is 0 Å². The second kappa shape index (κ2) is 6.89. The lowest BCUT2D eigenvalue weighted by Crippen LogP contribution is -1.87. The summed E-state index contributed by atoms with van der Waals surface area (Å²) in [6, 6.07) is 7.74. The highest BCUT2D eigenvalue weighted by Gasteiger charge is 1.95. The molecule has 0 aliphatic rings. The Hall–Kier alpha value is -1.49. The van der Waals surface area contributed by atoms with Gasteiger partial charge in [-0.05, 0) is 30.5 Å². The van der Waals surface area contributed by atoms with Gasteiger partial charge in [-0.2, -0.15) is 0 Å². The van der Waals surface area contributed by atoms with E-state index in [-0.39, 0.29) is 0 Å². The predicted octanol–water partition coefficient (Wildman–Crippen LogP) is 3.67. The number of hydrogen-bond acceptors (Lipinski definition) is 2. The zero-order chi connectivity index (χ0) is 10.9. The molecule has 0 atom stereocenters. The summed E-state index contributed by atoms with van der Waals surface area (Å²) in [6.07, 6.45) is 7.91. The Balaban J connectivity index is 2.33. The molecular weight excluding hydrogens is 186 g/mol. The quantitative estimate of drug-likeness (QED) is 0.522. The fourth-order valence-electron chi connectivity index (χ4n) is 1.53. The Morgan fingerprint density at radius 1 is 1.13 bits per heavy atom. The second-order valence-corrected chi connectivity index (χ2v) is 3.65. The van der Waals surface area contributed by atoms with E-state index in [9.17, 15) is 0 Å². The van der Waals surface area contributed by atoms with Gasteiger partial charge in [0.25, 0.3) is 6.26 Å². The Bertz CT molecular complexity index is 310. The number of unbranched alkanes of at least 4 members (excludes halogenated alkanes) is 3. The minimum absolute atomic E-state index is 0.620. The summed E-state index contributed by atoms with van der Waals surface area (Å²) in [5.41, 5.74) is 1.32. The Morgan fingerprint density at radius 3 is 2.47 bits per heavy atom. The number of hydrogen-bond donors (Lipinski definition) is 0. The van der Waals surface area contributed by atoms with Crippen molar-refractivity contribution in [1.82, 2.24) is 0 Å². The predicted molar refractivity (Wildman–Crippen MR) is 60.5 cm³/mol. The summed E-state index contributed by atoms with van der Waals surface area (Å²) in [7, 11) is 0. The molecule has 0 saturated carbocycles. The van der Waals surface area contributed by atoms with Gasteiger partial charge in [0, 0.05) is 0 Å². The smallest absolute Gasteiger partial charge is 0.292 e. The van der Waals surface area contributed by atoms with E-state index in [4.69, 9.17) is 10.00 Å². The molecule has 0 radical (unpaired) electrons. The molecule has 0 amide bonds. The normalized spacial score (nSPS) is 9.60. The van der Waals surface area contributed by atoms with Crippen LogP contribution in [0.2, 0.25) is 0 Å². The van der Waals surface area contributed by atoms with Crippen molar-refractivity contribution in [2.45, 2.75) is 39.0 Å². The van der Waals surface area contributed by atoms with Crippen molar-refractivity contribution in [3.8, 4) is 12.0 Å². The van der Waals surface area contributed by atoms with Gasteiger partial charge in [0.15, 0.2) is 0 Å². The third-order valence-electron chi connectivity index (χ3n) is 2.41. The third kappa shape index (κ3) is 4.51. The maximum absolute atomic E-state index is 8.32. The largest absolute Gasteiger partial charge is 0.388 e. The SMILES string of the molecule is CCCCCCc1ccc(OC#N)cc1. The zero-order valence-electron chi connectivity index (χ0n) is 9.20. The Morgan fingerprint density at radius 2 is 1.87 bits per heavy atom. The van der Waals surface area contributed by atoms with Crippen LogP contribution >= 0.6 is 0 Å². The molecule has 2 heteroatoms. The van der Waals surface area contributed by atoms with Gasteiger partial charge in [-0.1, -0.05) is 38.3 Å². The van der Waals surface area contributed by atoms with Crippen LogP contribution in [0.3, 0.4) is 0 Å². The summed E-state index contributed by atoms with van der Waals surface area (Å²) in [5, 5.41) is 8.32. The van der Waals surface area contributed by atoms with Crippen LogP contribution in [0, 0.1) is 11.5 Å². The van der Waals surface area contributed by atoms with E-state index in [1.54, 1.807) is 6.26 Å². The number of aryl methyl sites for hydroxylation is 1. The van der Waals surface area contributed by atoms with E-state index in [1.807, 2.05) is 24.3 Å². The molecule has 0 aliphatic carbocycles. The lowest BCUT2D eigenvalue weighted by atomic mass is 10.1. The highest BCUT2D eigenvalue weighted by Crippen LogP contribution is 2.14. The molecule has 0 fully saturated rings. The van der Waals surface area contributed by atoms with Crippen molar-refractivity contribution in [3.05, 3.63) is 29.8 Å². The first-order chi connectivity index (χ1) is 7.36. The van der Waals surface area contributed by atoms with Crippen LogP contribution in [0.4, 0.5) is 0 Å². The third-order valence-corrected chi connectivity index (χ3v) is 2.41. The van der Waals surface area contributed by atoms with E-state index in [1.165, 1.54) is 31.2 Å². The highest BCUT2D eigenvalue weighted by atomic mass is 16.5. The average Bonchev–Trinajstić information content (AvgIpc) is 2.27. The average molecular weight is 203 g/mol. The minimum atomic E-state index is 0.620. The summed E-state index contributed by atoms with van der Waals surface area (Å²) in [4.78, 5) is 0. The number of nitrogens with zero attached hydrogens (tertiary/aromatic N) is 1. The second-order valence-electron chi connectivity index (χ2n) is 3.65. The van der Waals surface area contributed by atoms with Gasteiger partial charge in [0.1, 0.15) is 5.75 Å². The topological polar surface area (TPSA) is 33.0 Å². The number of rotatable bonds is 6. The first kappa shape index (κ1) is 11.6. The summed E-state index contributed by atoms with van der Waals surface area (Å²) in [6.45, 7) is 2.22. The maximum Gasteiger partial charge on any atom is 0.292 e. The van der Waals surface area contributed by atoms with Crippen LogP contribution in [-0.2, 0) is 6.42 Å². The highest BCUT2D eigenvalue weighted by molar-refractivity contribution is 5.28. The summed E-state index contributed by atoms with van der Waals surface area (Å²) >= 11 is 0. The molecule has 1 rings (SSSR count). The van der Waals surface area contributed by atoms with Crippen LogP contribution in [-0.4, -0.2) is 0 Å². The molecule has 0 heterocycles. The van der Waals surface area contributed by atoms with Crippen LogP contribution < -0.4 is 4.74 Å². The fraction of sp³-hybridized carbons (Fsp3) is 0.462. The van der Waals surface area contributed by atoms with Crippen LogP contribution in [0.1, 0.15) is 38.2 Å². The van der Waals surface area contributed by atoms with E-state index in [0.717, 1.165) is 6.42 Å². The lowest BCUT2D eigenvalue weighted by Gasteiger charge is -2.01. The van der Waals surface area contributed by atoms with Crippen molar-refractivity contribution in [2.75, 3.05) is 0 Å². The molecule has 1 aromatic carbocycles. The molecule has 80 valence electrons. The van der Waals surface area contributed by atoms with Gasteiger partial charge < -0.3 is 4.74 Å². The fourth-order valence-corrected chi connectivity index (χ4v) is 1.53. The Kier molecular flexibility index (Phi) is 5.32. The van der Waals surface area contributed by atoms with Crippen molar-refractivity contribution in [2.24, 2.45) is 0 Å². The van der Waals surface area contributed by atoms with Gasteiger partial charge in [0.05, 0.1) is 0 Å². The van der Waals surface area contributed by atoms with Crippen LogP contribution in [0.5, 0.6) is 5.75 Å². The molecule has 0 unspecified atom stereocenters. The molecule has 2 nitrogen and oxygen atoms in total. The number of benzene rings is 1. The molecule has 1 aromatic rings. The van der Waals surface area contributed by atoms with Crippen molar-refractivity contribution < 1.29 is 4.74 Å². The molecule has 0 bridgehead atoms. The first-order valence-electron chi connectivity index (χ1n) is 5.51. The van der Waals surface area contributed by atoms with E-state index in [0.29, 0.717) is 5.75 Å². The molecule has 0 saturated heterocycles. The number of nitriles is 1. The van der Waals surface area contributed by atoms with E-state index in [2.05, 4.69) is 6.92 Å². The standard InChI is InChI=1S/C13H17NO/c1-2-3-4-5-6-12-7-9-13(10-8-12)15-11-14/h7-10H,2-6H2,1H3. The lowest BCUT2D eigenvalue weighted by molar-refractivity contribution is 0.507. The van der Waals surface area contributed by atoms with Crippen molar-refractivity contribution in [1.29, 1.82) is 5.26 Å². The molecule has 15 heavy (non-hydrogen) atoms. The van der Waals surface area contributed by atoms with Gasteiger partial charge in [-0.3, -0.25) is 0 Å². The molecular formula is C13H17NO. The van der Waals surface area contributed by atoms with Gasteiger partial charge >= 0.3 is 0 Å². The van der Waals surface area contributed by atoms with Crippen LogP contribution in [0.25, 0.3) is 0 Å². The molecule has 0 aromatic heterocycles. The monoisotopic (exact) mass is 203 g/mol. The summed E-state index contributed by atoms with van der Waals surface area (Å²) in [5.74, 6) is 0.620. The number of ether oxygens (including phenoxy) is 1. The molecule has 0 aliphatic heterocycles. The van der Waals surface area contributed by atoms with E-state index < -0.39 is 0 Å².